The number of allylic oxidation sites excluding steroid dienone is 4. The third-order valence-electron chi connectivity index (χ3n) is 4.40. The minimum Gasteiger partial charge on any atom is -0.269 e. The molecular formula is C25H30Zr. The van der Waals surface area contributed by atoms with Crippen molar-refractivity contribution in [3.63, 3.8) is 0 Å². The fraction of sp³-hybridized carbons (Fsp3) is 0.360. The molecule has 2 aliphatic rings. The first-order chi connectivity index (χ1) is 12.3. The van der Waals surface area contributed by atoms with Crippen LogP contribution in [0, 0.1) is 12.1 Å². The van der Waals surface area contributed by atoms with Gasteiger partial charge < -0.3 is 0 Å². The van der Waals surface area contributed by atoms with Gasteiger partial charge in [-0.2, -0.15) is 35.9 Å². The first-order valence-corrected chi connectivity index (χ1v) is 9.64. The summed E-state index contributed by atoms with van der Waals surface area (Å²) in [5, 5.41) is 0. The Morgan fingerprint density at radius 2 is 1.62 bits per heavy atom. The van der Waals surface area contributed by atoms with Crippen molar-refractivity contribution in [3.05, 3.63) is 83.5 Å². The monoisotopic (exact) mass is 420 g/mol. The molecular weight excluding hydrogens is 391 g/mol. The first kappa shape index (κ1) is 22.8. The Balaban J connectivity index is 0.000000226. The summed E-state index contributed by atoms with van der Waals surface area (Å²) in [5.74, 6) is 0. The van der Waals surface area contributed by atoms with Crippen molar-refractivity contribution in [3.8, 4) is 11.1 Å². The van der Waals surface area contributed by atoms with Crippen LogP contribution in [0.15, 0.2) is 60.2 Å². The topological polar surface area (TPSA) is 0 Å². The number of fused-ring (bicyclic) bond motifs is 3. The quantitative estimate of drug-likeness (QED) is 0.388. The summed E-state index contributed by atoms with van der Waals surface area (Å²) in [6.45, 7) is 6.56. The third kappa shape index (κ3) is 6.84. The number of rotatable bonds is 3. The zero-order valence-electron chi connectivity index (χ0n) is 16.4. The second-order valence-corrected chi connectivity index (χ2v) is 6.45. The summed E-state index contributed by atoms with van der Waals surface area (Å²) in [6, 6.07) is 18.1. The normalized spacial score (nSPS) is 12.5. The van der Waals surface area contributed by atoms with Gasteiger partial charge in [0.05, 0.1) is 0 Å². The van der Waals surface area contributed by atoms with Crippen LogP contribution in [0.5, 0.6) is 0 Å². The van der Waals surface area contributed by atoms with E-state index < -0.39 is 0 Å². The van der Waals surface area contributed by atoms with Crippen LogP contribution in [0.1, 0.15) is 64.0 Å². The maximum atomic E-state index is 3.30. The molecule has 0 fully saturated rings. The van der Waals surface area contributed by atoms with Gasteiger partial charge in [0.15, 0.2) is 0 Å². The Labute approximate surface area is 179 Å². The van der Waals surface area contributed by atoms with Gasteiger partial charge >= 0.3 is 26.2 Å². The molecule has 0 aliphatic heterocycles. The van der Waals surface area contributed by atoms with Crippen molar-refractivity contribution < 1.29 is 26.2 Å². The smallest absolute Gasteiger partial charge is 0.269 e. The molecule has 0 saturated carbocycles. The Morgan fingerprint density at radius 3 is 2.27 bits per heavy atom. The maximum Gasteiger partial charge on any atom is 2.00 e. The molecule has 0 saturated heterocycles. The van der Waals surface area contributed by atoms with Gasteiger partial charge in [0.1, 0.15) is 0 Å². The predicted octanol–water partition coefficient (Wildman–Crippen LogP) is 7.34. The van der Waals surface area contributed by atoms with E-state index in [0.29, 0.717) is 0 Å². The molecule has 2 aromatic rings. The van der Waals surface area contributed by atoms with Crippen molar-refractivity contribution in [2.24, 2.45) is 0 Å². The van der Waals surface area contributed by atoms with Gasteiger partial charge in [0.25, 0.3) is 0 Å². The summed E-state index contributed by atoms with van der Waals surface area (Å²) in [4.78, 5) is 0. The summed E-state index contributed by atoms with van der Waals surface area (Å²) < 4.78 is 0. The van der Waals surface area contributed by atoms with Gasteiger partial charge in [-0.15, -0.1) is 12.0 Å². The Hall–Kier alpha value is -1.20. The van der Waals surface area contributed by atoms with Gasteiger partial charge in [-0.3, -0.25) is 6.08 Å². The van der Waals surface area contributed by atoms with E-state index in [1.54, 1.807) is 0 Å². The van der Waals surface area contributed by atoms with E-state index in [9.17, 15) is 0 Å². The molecule has 2 aliphatic carbocycles. The molecule has 2 aromatic carbocycles. The zero-order valence-corrected chi connectivity index (χ0v) is 18.9. The summed E-state index contributed by atoms with van der Waals surface area (Å²) >= 11 is 0. The number of benzene rings is 2. The van der Waals surface area contributed by atoms with Gasteiger partial charge in [0.2, 0.25) is 0 Å². The van der Waals surface area contributed by atoms with E-state index in [0.717, 1.165) is 12.8 Å². The van der Waals surface area contributed by atoms with Gasteiger partial charge in [-0.1, -0.05) is 81.8 Å². The molecule has 0 radical (unpaired) electrons. The molecule has 0 spiro atoms. The number of hydrogen-bond donors (Lipinski definition) is 0. The van der Waals surface area contributed by atoms with E-state index >= 15 is 0 Å². The van der Waals surface area contributed by atoms with Gasteiger partial charge in [-0.25, -0.2) is 11.6 Å². The van der Waals surface area contributed by atoms with Gasteiger partial charge in [0, 0.05) is 0 Å². The molecule has 0 atom stereocenters. The minimum absolute atomic E-state index is 0. The van der Waals surface area contributed by atoms with Crippen molar-refractivity contribution in [2.75, 3.05) is 0 Å². The van der Waals surface area contributed by atoms with E-state index in [1.165, 1.54) is 53.5 Å². The van der Waals surface area contributed by atoms with Crippen molar-refractivity contribution in [1.82, 2.24) is 0 Å². The molecule has 134 valence electrons. The third-order valence-corrected chi connectivity index (χ3v) is 4.40. The summed E-state index contributed by atoms with van der Waals surface area (Å²) in [5.41, 5.74) is 6.91. The van der Waals surface area contributed by atoms with Crippen LogP contribution < -0.4 is 0 Å². The Kier molecular flexibility index (Phi) is 11.5. The average Bonchev–Trinajstić information content (AvgIpc) is 3.30. The van der Waals surface area contributed by atoms with E-state index in [-0.39, 0.29) is 26.2 Å². The second-order valence-electron chi connectivity index (χ2n) is 6.45. The SMILES string of the molecule is CCCC.CCCC1=[C-]CC=C1.[Zr+2].[c-]1cccc2c1Cc1ccccc1-2. The van der Waals surface area contributed by atoms with Crippen LogP contribution in [-0.2, 0) is 32.6 Å². The van der Waals surface area contributed by atoms with Crippen LogP contribution in [0.25, 0.3) is 11.1 Å². The molecule has 4 rings (SSSR count). The Morgan fingerprint density at radius 1 is 0.885 bits per heavy atom. The van der Waals surface area contributed by atoms with E-state index in [1.807, 2.05) is 6.07 Å². The number of hydrogen-bond acceptors (Lipinski definition) is 0. The van der Waals surface area contributed by atoms with Crippen LogP contribution in [0.3, 0.4) is 0 Å². The molecule has 0 amide bonds. The van der Waals surface area contributed by atoms with Crippen molar-refractivity contribution in [1.29, 1.82) is 0 Å². The maximum absolute atomic E-state index is 3.30. The molecule has 0 N–H and O–H groups in total. The molecule has 1 heteroatoms. The fourth-order valence-electron chi connectivity index (χ4n) is 2.89. The fourth-order valence-corrected chi connectivity index (χ4v) is 2.89. The Bertz CT molecular complexity index is 664. The van der Waals surface area contributed by atoms with E-state index in [4.69, 9.17) is 0 Å². The minimum atomic E-state index is 0. The van der Waals surface area contributed by atoms with Crippen molar-refractivity contribution in [2.45, 2.75) is 59.3 Å². The molecule has 0 heterocycles. The number of unbranched alkanes of at least 4 members (excludes halogenated alkanes) is 1. The standard InChI is InChI=1S/C13H9.C8H11.C4H10.Zr/c1-3-7-12-10(5-1)9-11-6-2-4-8-13(11)12;1-2-5-8-6-3-4-7-8;1-3-4-2;/h1-5,7-8H,9H2;3,6H,2,4-5H2,1H3;3-4H2,1-2H3;/q2*-1;;+2. The summed E-state index contributed by atoms with van der Waals surface area (Å²) in [6.07, 6.45) is 14.8. The van der Waals surface area contributed by atoms with Crippen molar-refractivity contribution >= 4 is 0 Å². The zero-order chi connectivity index (χ0) is 17.9. The van der Waals surface area contributed by atoms with Crippen LogP contribution in [0.4, 0.5) is 0 Å². The van der Waals surface area contributed by atoms with Crippen LogP contribution in [-0.4, -0.2) is 0 Å². The largest absolute Gasteiger partial charge is 2.00 e. The molecule has 0 nitrogen and oxygen atoms in total. The van der Waals surface area contributed by atoms with E-state index in [2.05, 4.69) is 81.5 Å². The molecule has 0 unspecified atom stereocenters. The average molecular weight is 422 g/mol. The second kappa shape index (κ2) is 13.0. The van der Waals surface area contributed by atoms with Gasteiger partial charge in [-0.05, 0) is 6.42 Å². The molecule has 26 heavy (non-hydrogen) atoms. The molecule has 0 bridgehead atoms. The van der Waals surface area contributed by atoms with Crippen LogP contribution >= 0.6 is 0 Å². The predicted molar refractivity (Wildman–Crippen MR) is 110 cm³/mol. The summed E-state index contributed by atoms with van der Waals surface area (Å²) in [7, 11) is 0. The van der Waals surface area contributed by atoms with Crippen LogP contribution in [0.2, 0.25) is 0 Å². The first-order valence-electron chi connectivity index (χ1n) is 9.64. The molecule has 0 aromatic heterocycles.